The number of nitrogens with one attached hydrogen (secondary N) is 1. The van der Waals surface area contributed by atoms with Gasteiger partial charge < -0.3 is 5.32 Å². The Morgan fingerprint density at radius 3 is 1.77 bits per heavy atom. The van der Waals surface area contributed by atoms with Crippen LogP contribution in [0.3, 0.4) is 0 Å². The molecule has 132 valence electrons. The van der Waals surface area contributed by atoms with Crippen LogP contribution in [0, 0.1) is 6.92 Å². The molecule has 3 aromatic rings. The molecule has 2 nitrogen and oxygen atoms in total. The second-order valence-electron chi connectivity index (χ2n) is 6.78. The lowest BCUT2D eigenvalue weighted by molar-refractivity contribution is -0.121. The van der Waals surface area contributed by atoms with Gasteiger partial charge in [-0.05, 0) is 30.5 Å². The van der Waals surface area contributed by atoms with Crippen LogP contribution in [-0.4, -0.2) is 5.91 Å². The number of benzene rings is 3. The molecule has 0 aromatic heterocycles. The summed E-state index contributed by atoms with van der Waals surface area (Å²) in [6, 6.07) is 28.8. The number of aryl methyl sites for hydroxylation is 1. The molecule has 1 amide bonds. The molecule has 3 rings (SSSR count). The summed E-state index contributed by atoms with van der Waals surface area (Å²) in [6.07, 6.45) is 0.435. The molecule has 0 aliphatic rings. The summed E-state index contributed by atoms with van der Waals surface area (Å²) >= 11 is 0. The normalized spacial score (nSPS) is 12.0. The van der Waals surface area contributed by atoms with Crippen LogP contribution in [-0.2, 0) is 4.79 Å². The Morgan fingerprint density at radius 1 is 0.769 bits per heavy atom. The van der Waals surface area contributed by atoms with E-state index in [-0.39, 0.29) is 17.9 Å². The lowest BCUT2D eigenvalue weighted by Gasteiger charge is -2.20. The number of hydrogen-bond acceptors (Lipinski definition) is 1. The molecule has 0 heterocycles. The zero-order chi connectivity index (χ0) is 18.4. The van der Waals surface area contributed by atoms with Gasteiger partial charge in [0.15, 0.2) is 0 Å². The zero-order valence-corrected chi connectivity index (χ0v) is 15.4. The van der Waals surface area contributed by atoms with Crippen LogP contribution < -0.4 is 5.32 Å². The molecule has 0 saturated carbocycles. The highest BCUT2D eigenvalue weighted by atomic mass is 16.1. The van der Waals surface area contributed by atoms with Gasteiger partial charge in [-0.25, -0.2) is 0 Å². The van der Waals surface area contributed by atoms with Gasteiger partial charge in [0.25, 0.3) is 0 Å². The zero-order valence-electron chi connectivity index (χ0n) is 15.4. The van der Waals surface area contributed by atoms with Crippen LogP contribution in [0.1, 0.15) is 47.6 Å². The lowest BCUT2D eigenvalue weighted by Crippen LogP contribution is -2.28. The molecule has 0 bridgehead atoms. The third-order valence-corrected chi connectivity index (χ3v) is 4.75. The van der Waals surface area contributed by atoms with E-state index >= 15 is 0 Å². The van der Waals surface area contributed by atoms with Crippen LogP contribution in [0.4, 0.5) is 0 Å². The fourth-order valence-corrected chi connectivity index (χ4v) is 3.22. The second kappa shape index (κ2) is 8.48. The first-order chi connectivity index (χ1) is 12.6. The number of hydrogen-bond donors (Lipinski definition) is 1. The summed E-state index contributed by atoms with van der Waals surface area (Å²) in [5.41, 5.74) is 4.68. The molecule has 1 N–H and O–H groups in total. The molecule has 0 fully saturated rings. The van der Waals surface area contributed by atoms with Crippen molar-refractivity contribution in [3.8, 4) is 0 Å². The van der Waals surface area contributed by atoms with Crippen molar-refractivity contribution in [3.63, 3.8) is 0 Å². The molecule has 2 heteroatoms. The summed E-state index contributed by atoms with van der Waals surface area (Å²) in [4.78, 5) is 12.7. The maximum atomic E-state index is 12.7. The van der Waals surface area contributed by atoms with Crippen molar-refractivity contribution in [2.24, 2.45) is 0 Å². The average molecular weight is 343 g/mol. The monoisotopic (exact) mass is 343 g/mol. The fraction of sp³-hybridized carbons (Fsp3) is 0.208. The molecule has 0 saturated heterocycles. The Labute approximate surface area is 155 Å². The molecule has 3 aromatic carbocycles. The molecular formula is C24H25NO. The van der Waals surface area contributed by atoms with Crippen LogP contribution in [0.5, 0.6) is 0 Å². The first-order valence-electron chi connectivity index (χ1n) is 9.09. The number of carbonyl (C=O) groups excluding carboxylic acids is 1. The van der Waals surface area contributed by atoms with Crippen molar-refractivity contribution >= 4 is 5.91 Å². The van der Waals surface area contributed by atoms with Crippen molar-refractivity contribution < 1.29 is 4.79 Å². The Balaban J connectivity index is 1.74. The minimum absolute atomic E-state index is 0.00435. The van der Waals surface area contributed by atoms with E-state index in [1.807, 2.05) is 43.3 Å². The van der Waals surface area contributed by atoms with Gasteiger partial charge in [-0.2, -0.15) is 0 Å². The summed E-state index contributed by atoms with van der Waals surface area (Å²) in [5, 5.41) is 3.15. The van der Waals surface area contributed by atoms with Gasteiger partial charge in [-0.1, -0.05) is 90.5 Å². The summed E-state index contributed by atoms with van der Waals surface area (Å²) in [7, 11) is 0. The maximum absolute atomic E-state index is 12.7. The molecule has 0 aliphatic heterocycles. The van der Waals surface area contributed by atoms with Crippen molar-refractivity contribution in [2.45, 2.75) is 32.2 Å². The molecule has 0 spiro atoms. The highest BCUT2D eigenvalue weighted by Gasteiger charge is 2.19. The van der Waals surface area contributed by atoms with Crippen LogP contribution >= 0.6 is 0 Å². The lowest BCUT2D eigenvalue weighted by atomic mass is 9.88. The van der Waals surface area contributed by atoms with E-state index < -0.39 is 0 Å². The van der Waals surface area contributed by atoms with E-state index in [9.17, 15) is 4.79 Å². The standard InChI is InChI=1S/C24H25NO/c1-18-13-15-20(16-14-18)19(2)25-24(26)17-23(21-9-5-3-6-10-21)22-11-7-4-8-12-22/h3-16,19,23H,17H2,1-2H3,(H,25,26)/t19-/m0/s1. The molecule has 1 atom stereocenters. The van der Waals surface area contributed by atoms with Gasteiger partial charge in [0.1, 0.15) is 0 Å². The van der Waals surface area contributed by atoms with Gasteiger partial charge in [0.2, 0.25) is 5.91 Å². The highest BCUT2D eigenvalue weighted by Crippen LogP contribution is 2.28. The Kier molecular flexibility index (Phi) is 5.85. The van der Waals surface area contributed by atoms with Crippen molar-refractivity contribution in [1.29, 1.82) is 0 Å². The largest absolute Gasteiger partial charge is 0.350 e. The summed E-state index contributed by atoms with van der Waals surface area (Å²) in [5.74, 6) is 0.124. The molecule has 0 unspecified atom stereocenters. The van der Waals surface area contributed by atoms with Gasteiger partial charge in [0, 0.05) is 12.3 Å². The van der Waals surface area contributed by atoms with E-state index in [1.54, 1.807) is 0 Å². The van der Waals surface area contributed by atoms with E-state index in [1.165, 1.54) is 5.56 Å². The minimum Gasteiger partial charge on any atom is -0.350 e. The van der Waals surface area contributed by atoms with Crippen LogP contribution in [0.2, 0.25) is 0 Å². The van der Waals surface area contributed by atoms with Gasteiger partial charge in [0.05, 0.1) is 6.04 Å². The Bertz CT molecular complexity index is 786. The topological polar surface area (TPSA) is 29.1 Å². The third kappa shape index (κ3) is 4.60. The van der Waals surface area contributed by atoms with Crippen LogP contribution in [0.25, 0.3) is 0 Å². The maximum Gasteiger partial charge on any atom is 0.221 e. The smallest absolute Gasteiger partial charge is 0.221 e. The van der Waals surface area contributed by atoms with E-state index in [0.29, 0.717) is 6.42 Å². The quantitative estimate of drug-likeness (QED) is 0.638. The van der Waals surface area contributed by atoms with E-state index in [4.69, 9.17) is 0 Å². The minimum atomic E-state index is -0.00435. The highest BCUT2D eigenvalue weighted by molar-refractivity contribution is 5.78. The van der Waals surface area contributed by atoms with Crippen LogP contribution in [0.15, 0.2) is 84.9 Å². The van der Waals surface area contributed by atoms with Crippen molar-refractivity contribution in [1.82, 2.24) is 5.32 Å². The predicted octanol–water partition coefficient (Wildman–Crippen LogP) is 5.39. The Hall–Kier alpha value is -2.87. The SMILES string of the molecule is Cc1ccc([C@H](C)NC(=O)CC(c2ccccc2)c2ccccc2)cc1. The fourth-order valence-electron chi connectivity index (χ4n) is 3.22. The van der Waals surface area contributed by atoms with Crippen molar-refractivity contribution in [3.05, 3.63) is 107 Å². The van der Waals surface area contributed by atoms with Crippen molar-refractivity contribution in [2.75, 3.05) is 0 Å². The molecule has 0 radical (unpaired) electrons. The molecule has 0 aliphatic carbocycles. The Morgan fingerprint density at radius 2 is 1.27 bits per heavy atom. The average Bonchev–Trinajstić information content (AvgIpc) is 2.68. The summed E-state index contributed by atoms with van der Waals surface area (Å²) in [6.45, 7) is 4.10. The van der Waals surface area contributed by atoms with Gasteiger partial charge in [-0.3, -0.25) is 4.79 Å². The first kappa shape index (κ1) is 17.9. The number of carbonyl (C=O) groups is 1. The molecule has 26 heavy (non-hydrogen) atoms. The number of amides is 1. The second-order valence-corrected chi connectivity index (χ2v) is 6.78. The van der Waals surface area contributed by atoms with E-state index in [2.05, 4.69) is 60.8 Å². The number of rotatable bonds is 6. The first-order valence-corrected chi connectivity index (χ1v) is 9.09. The van der Waals surface area contributed by atoms with Gasteiger partial charge in [-0.15, -0.1) is 0 Å². The van der Waals surface area contributed by atoms with E-state index in [0.717, 1.165) is 16.7 Å². The predicted molar refractivity (Wildman–Crippen MR) is 107 cm³/mol. The van der Waals surface area contributed by atoms with Gasteiger partial charge >= 0.3 is 0 Å². The molecular weight excluding hydrogens is 318 g/mol. The summed E-state index contributed by atoms with van der Waals surface area (Å²) < 4.78 is 0. The third-order valence-electron chi connectivity index (χ3n) is 4.75.